The maximum Gasteiger partial charge on any atom is 0.171 e. The first-order valence-electron chi connectivity index (χ1n) is 8.22. The number of quaternary nitrogens is 1. The van der Waals surface area contributed by atoms with Crippen LogP contribution in [0.15, 0.2) is 41.8 Å². The highest BCUT2D eigenvalue weighted by atomic mass is 32.1. The van der Waals surface area contributed by atoms with Gasteiger partial charge in [-0.2, -0.15) is 0 Å². The standard InChI is InChI=1S/C18H23N3S2/c1-14-6-4-7-15(12-14)20-18(22)19-13-16(17-8-5-11-23-17)21-9-2-3-10-21/h4-8,11-12,16H,2-3,9-10,13H2,1H3,(H2,19,20,22)/p+1/t16-/m1/s1. The Labute approximate surface area is 147 Å². The quantitative estimate of drug-likeness (QED) is 0.727. The van der Waals surface area contributed by atoms with Crippen molar-refractivity contribution in [3.63, 3.8) is 0 Å². The van der Waals surface area contributed by atoms with Crippen LogP contribution in [0.2, 0.25) is 0 Å². The number of benzene rings is 1. The molecular weight excluding hydrogens is 322 g/mol. The first kappa shape index (κ1) is 16.4. The number of rotatable bonds is 5. The van der Waals surface area contributed by atoms with Crippen molar-refractivity contribution >= 4 is 34.4 Å². The van der Waals surface area contributed by atoms with Gasteiger partial charge in [0.1, 0.15) is 6.04 Å². The van der Waals surface area contributed by atoms with E-state index in [1.807, 2.05) is 23.5 Å². The molecule has 1 aliphatic rings. The largest absolute Gasteiger partial charge is 0.356 e. The Morgan fingerprint density at radius 1 is 1.26 bits per heavy atom. The van der Waals surface area contributed by atoms with Crippen molar-refractivity contribution in [2.45, 2.75) is 25.8 Å². The molecule has 1 aliphatic heterocycles. The summed E-state index contributed by atoms with van der Waals surface area (Å²) >= 11 is 7.32. The van der Waals surface area contributed by atoms with Crippen molar-refractivity contribution in [1.82, 2.24) is 5.32 Å². The van der Waals surface area contributed by atoms with Crippen LogP contribution < -0.4 is 15.5 Å². The Hall–Kier alpha value is -1.43. The topological polar surface area (TPSA) is 28.5 Å². The second kappa shape index (κ2) is 7.90. The SMILES string of the molecule is Cc1cccc(NC(=S)NC[C@H](c2cccs2)[NH+]2CCCC2)c1. The Balaban J connectivity index is 1.59. The number of hydrogen-bond acceptors (Lipinski definition) is 2. The molecule has 0 radical (unpaired) electrons. The average Bonchev–Trinajstić information content (AvgIpc) is 3.21. The lowest BCUT2D eigenvalue weighted by molar-refractivity contribution is -0.918. The lowest BCUT2D eigenvalue weighted by Gasteiger charge is -2.24. The van der Waals surface area contributed by atoms with Crippen LogP contribution in [0.4, 0.5) is 5.69 Å². The van der Waals surface area contributed by atoms with Crippen molar-refractivity contribution in [1.29, 1.82) is 0 Å². The highest BCUT2D eigenvalue weighted by Gasteiger charge is 2.28. The van der Waals surface area contributed by atoms with Crippen LogP contribution in [-0.2, 0) is 0 Å². The van der Waals surface area contributed by atoms with Crippen LogP contribution in [0.3, 0.4) is 0 Å². The minimum atomic E-state index is 0.495. The molecule has 1 saturated heterocycles. The fraction of sp³-hybridized carbons (Fsp3) is 0.389. The van der Waals surface area contributed by atoms with E-state index in [1.165, 1.54) is 36.4 Å². The van der Waals surface area contributed by atoms with E-state index < -0.39 is 0 Å². The van der Waals surface area contributed by atoms with Gasteiger partial charge in [0.05, 0.1) is 24.5 Å². The number of anilines is 1. The summed E-state index contributed by atoms with van der Waals surface area (Å²) in [6.45, 7) is 5.50. The molecule has 1 aromatic heterocycles. The molecule has 3 N–H and O–H groups in total. The van der Waals surface area contributed by atoms with Gasteiger partial charge in [0.2, 0.25) is 0 Å². The Bertz CT molecular complexity index is 633. The average molecular weight is 347 g/mol. The van der Waals surface area contributed by atoms with Gasteiger partial charge in [-0.15, -0.1) is 11.3 Å². The molecular formula is C18H24N3S2+. The first-order valence-corrected chi connectivity index (χ1v) is 9.50. The van der Waals surface area contributed by atoms with Gasteiger partial charge in [-0.25, -0.2) is 0 Å². The predicted molar refractivity (Wildman–Crippen MR) is 102 cm³/mol. The summed E-state index contributed by atoms with van der Waals surface area (Å²) in [7, 11) is 0. The Morgan fingerprint density at radius 2 is 2.09 bits per heavy atom. The highest BCUT2D eigenvalue weighted by Crippen LogP contribution is 2.17. The predicted octanol–water partition coefficient (Wildman–Crippen LogP) is 2.76. The van der Waals surface area contributed by atoms with Gasteiger partial charge in [-0.1, -0.05) is 18.2 Å². The minimum Gasteiger partial charge on any atom is -0.356 e. The first-order chi connectivity index (χ1) is 11.2. The zero-order chi connectivity index (χ0) is 16.1. The van der Waals surface area contributed by atoms with Crippen LogP contribution in [-0.4, -0.2) is 24.7 Å². The van der Waals surface area contributed by atoms with E-state index >= 15 is 0 Å². The molecule has 122 valence electrons. The van der Waals surface area contributed by atoms with Crippen LogP contribution in [0.1, 0.15) is 29.3 Å². The third kappa shape index (κ3) is 4.53. The number of thiophene rings is 1. The number of aryl methyl sites for hydroxylation is 1. The molecule has 0 aliphatic carbocycles. The number of nitrogens with one attached hydrogen (secondary N) is 3. The van der Waals surface area contributed by atoms with Crippen molar-refractivity contribution < 1.29 is 4.90 Å². The minimum absolute atomic E-state index is 0.495. The summed E-state index contributed by atoms with van der Waals surface area (Å²) in [5, 5.41) is 9.58. The van der Waals surface area contributed by atoms with E-state index in [1.54, 1.807) is 4.90 Å². The van der Waals surface area contributed by atoms with Crippen LogP contribution in [0, 0.1) is 6.92 Å². The zero-order valence-corrected chi connectivity index (χ0v) is 15.1. The van der Waals surface area contributed by atoms with E-state index in [-0.39, 0.29) is 0 Å². The van der Waals surface area contributed by atoms with Gasteiger partial charge in [0, 0.05) is 18.5 Å². The van der Waals surface area contributed by atoms with Gasteiger partial charge >= 0.3 is 0 Å². The van der Waals surface area contributed by atoms with Crippen LogP contribution in [0.25, 0.3) is 0 Å². The summed E-state index contributed by atoms with van der Waals surface area (Å²) in [5.74, 6) is 0. The number of thiocarbonyl (C=S) groups is 1. The summed E-state index contributed by atoms with van der Waals surface area (Å²) in [6.07, 6.45) is 2.67. The van der Waals surface area contributed by atoms with Crippen LogP contribution >= 0.6 is 23.6 Å². The summed E-state index contributed by atoms with van der Waals surface area (Å²) in [5.41, 5.74) is 2.28. The summed E-state index contributed by atoms with van der Waals surface area (Å²) in [6, 6.07) is 13.2. The zero-order valence-electron chi connectivity index (χ0n) is 13.5. The number of likely N-dealkylation sites (tertiary alicyclic amines) is 1. The maximum atomic E-state index is 5.47. The highest BCUT2D eigenvalue weighted by molar-refractivity contribution is 7.80. The van der Waals surface area contributed by atoms with E-state index in [0.717, 1.165) is 12.2 Å². The Morgan fingerprint density at radius 3 is 2.78 bits per heavy atom. The molecule has 3 nitrogen and oxygen atoms in total. The molecule has 0 spiro atoms. The second-order valence-electron chi connectivity index (χ2n) is 6.14. The van der Waals surface area contributed by atoms with E-state index in [9.17, 15) is 0 Å². The van der Waals surface area contributed by atoms with Gasteiger partial charge in [0.15, 0.2) is 5.11 Å². The number of hydrogen-bond donors (Lipinski definition) is 3. The Kier molecular flexibility index (Phi) is 5.65. The molecule has 1 atom stereocenters. The third-order valence-corrected chi connectivity index (χ3v) is 5.60. The molecule has 2 aromatic rings. The van der Waals surface area contributed by atoms with Crippen molar-refractivity contribution in [3.8, 4) is 0 Å². The van der Waals surface area contributed by atoms with Gasteiger partial charge in [-0.3, -0.25) is 0 Å². The fourth-order valence-electron chi connectivity index (χ4n) is 3.21. The molecule has 3 rings (SSSR count). The fourth-order valence-corrected chi connectivity index (χ4v) is 4.29. The van der Waals surface area contributed by atoms with E-state index in [4.69, 9.17) is 12.2 Å². The molecule has 0 saturated carbocycles. The van der Waals surface area contributed by atoms with Gasteiger partial charge in [-0.05, 0) is 48.3 Å². The van der Waals surface area contributed by atoms with Crippen molar-refractivity contribution in [2.24, 2.45) is 0 Å². The molecule has 2 heterocycles. The van der Waals surface area contributed by atoms with E-state index in [2.05, 4.69) is 47.2 Å². The normalized spacial score (nSPS) is 16.2. The second-order valence-corrected chi connectivity index (χ2v) is 7.53. The van der Waals surface area contributed by atoms with Gasteiger partial charge in [0.25, 0.3) is 0 Å². The lowest BCUT2D eigenvalue weighted by atomic mass is 10.2. The van der Waals surface area contributed by atoms with Crippen molar-refractivity contribution in [2.75, 3.05) is 25.0 Å². The lowest BCUT2D eigenvalue weighted by Crippen LogP contribution is -3.11. The molecule has 23 heavy (non-hydrogen) atoms. The molecule has 0 bridgehead atoms. The molecule has 0 amide bonds. The smallest absolute Gasteiger partial charge is 0.171 e. The van der Waals surface area contributed by atoms with Gasteiger partial charge < -0.3 is 15.5 Å². The molecule has 1 fully saturated rings. The molecule has 1 aromatic carbocycles. The van der Waals surface area contributed by atoms with E-state index in [0.29, 0.717) is 11.2 Å². The monoisotopic (exact) mass is 346 g/mol. The third-order valence-electron chi connectivity index (χ3n) is 4.37. The molecule has 0 unspecified atom stereocenters. The summed E-state index contributed by atoms with van der Waals surface area (Å²) < 4.78 is 0. The summed E-state index contributed by atoms with van der Waals surface area (Å²) in [4.78, 5) is 3.13. The molecule has 5 heteroatoms. The van der Waals surface area contributed by atoms with Crippen molar-refractivity contribution in [3.05, 3.63) is 52.2 Å². The van der Waals surface area contributed by atoms with Crippen LogP contribution in [0.5, 0.6) is 0 Å². The maximum absolute atomic E-state index is 5.47.